The molecule has 0 aromatic heterocycles. The van der Waals surface area contributed by atoms with Crippen LogP contribution in [0.4, 0.5) is 0 Å². The van der Waals surface area contributed by atoms with Crippen molar-refractivity contribution in [1.82, 2.24) is 0 Å². The van der Waals surface area contributed by atoms with E-state index in [2.05, 4.69) is 333 Å². The van der Waals surface area contributed by atoms with E-state index in [-0.39, 0.29) is 0 Å². The lowest BCUT2D eigenvalue weighted by molar-refractivity contribution is 0.538. The fourth-order valence-corrected chi connectivity index (χ4v) is 31.9. The first kappa shape index (κ1) is 156. The van der Waals surface area contributed by atoms with Gasteiger partial charge in [0.05, 0.1) is 0 Å². The van der Waals surface area contributed by atoms with Gasteiger partial charge in [-0.25, -0.2) is 0 Å². The molecule has 0 saturated carbocycles. The van der Waals surface area contributed by atoms with E-state index in [1.807, 2.05) is 0 Å². The summed E-state index contributed by atoms with van der Waals surface area (Å²) in [5, 5.41) is 0. The van der Waals surface area contributed by atoms with Gasteiger partial charge in [0.25, 0.3) is 0 Å². The third-order valence-corrected chi connectivity index (χ3v) is 42.3. The molecule has 0 atom stereocenters. The fraction of sp³-hybridized carbons (Fsp3) is 0.952. The van der Waals surface area contributed by atoms with Gasteiger partial charge >= 0.3 is 0 Å². The van der Waals surface area contributed by atoms with E-state index in [9.17, 15) is 0 Å². The molecule has 0 aliphatic heterocycles. The highest BCUT2D eigenvalue weighted by Gasteiger charge is 2.06. The van der Waals surface area contributed by atoms with Crippen LogP contribution in [0.3, 0.4) is 0 Å². The first-order chi connectivity index (χ1) is 67.9. The van der Waals surface area contributed by atoms with E-state index >= 15 is 0 Å². The van der Waals surface area contributed by atoms with Crippen LogP contribution >= 0.6 is 151 Å². The molecule has 0 amide bonds. The smallest absolute Gasteiger partial charge is 0.00393 e. The molecule has 0 spiro atoms. The Morgan fingerprint density at radius 1 is 0.115 bits per heavy atom. The molecule has 0 aromatic rings. The Morgan fingerprint density at radius 2 is 0.216 bits per heavy atom. The van der Waals surface area contributed by atoms with Crippen LogP contribution in [-0.2, 0) is 0 Å². The zero-order chi connectivity index (χ0) is 104. The lowest BCUT2D eigenvalue weighted by Gasteiger charge is -2.04. The molecule has 0 nitrogen and oxygen atoms in total. The van der Waals surface area contributed by atoms with Gasteiger partial charge in [-0.05, 0) is 183 Å². The molecule has 14 heteroatoms. The van der Waals surface area contributed by atoms with Gasteiger partial charge in [0, 0.05) is 80.5 Å². The largest absolute Gasteiger partial charge is 0.0942 e. The van der Waals surface area contributed by atoms with Gasteiger partial charge in [0.1, 0.15) is 0 Å². The lowest BCUT2D eigenvalue weighted by Crippen LogP contribution is -1.88. The van der Waals surface area contributed by atoms with Crippen LogP contribution in [0.1, 0.15) is 640 Å². The van der Waals surface area contributed by atoms with E-state index in [0.717, 1.165) is 41.4 Å². The molecule has 0 rings (SSSR count). The number of unbranched alkanes of at least 4 members (excludes halogenated alkanes) is 61. The minimum atomic E-state index is 0.855. The molecule has 0 fully saturated rings. The van der Waals surface area contributed by atoms with Gasteiger partial charge in [0.2, 0.25) is 0 Å². The molecule has 0 aliphatic rings. The van der Waals surface area contributed by atoms with Gasteiger partial charge in [-0.3, -0.25) is 0 Å². The summed E-state index contributed by atoms with van der Waals surface area (Å²) in [6, 6.07) is 0. The van der Waals surface area contributed by atoms with Crippen molar-refractivity contribution in [3.05, 3.63) is 36.5 Å². The van der Waals surface area contributed by atoms with Crippen molar-refractivity contribution in [2.24, 2.45) is 41.4 Å². The van der Waals surface area contributed by atoms with Crippen LogP contribution in [0.25, 0.3) is 0 Å². The molecule has 0 unspecified atom stereocenters. The highest BCUT2D eigenvalue weighted by Crippen LogP contribution is 2.32. The lowest BCUT2D eigenvalue weighted by atomic mass is 10.0. The van der Waals surface area contributed by atoms with Crippen LogP contribution in [0.2, 0.25) is 0 Å². The standard InChI is InChI=1S/C21H44S2.C21H40S2.C19H40S2.C19H38S2.C17H36S2.C15H32S2.C13H28S2/c2*1-4-5-6-7-8-9-10-11-12-13-14-15-16-17-19-22-23-20-18-21(2)3;2*1-4-5-6-7-8-9-10-11-12-13-14-15-17-20-21-18-16-19(2)3;1-4-5-6-7-8-9-10-11-12-13-15-18-19-16-14-17(2)3;1-4-5-6-7-8-9-10-11-13-16-17-14-12-15(2)3;1-4-5-6-7-8-9-11-14-15-12-10-13(2)3/h21H,4-20H2,1-3H3;8-11,21H,4-7,12-20H2,1-3H3;19H,4-18H2,1-3H3;9-10,19H,4-8,11-18H2,1-3H3;17H,4-16H2,1-3H3;15H,4-14H2,1-3H3;13H,4-12H2,1-3H3/b;9-8+,11-10+;;10-9+;;;. The van der Waals surface area contributed by atoms with Crippen LogP contribution in [0.5, 0.6) is 0 Å². The van der Waals surface area contributed by atoms with Crippen molar-refractivity contribution in [3.63, 3.8) is 0 Å². The molecular formula is C125H258S14. The Labute approximate surface area is 939 Å². The molecule has 0 saturated heterocycles. The molecule has 0 aliphatic carbocycles. The van der Waals surface area contributed by atoms with E-state index in [1.165, 1.54) is 575 Å². The SMILES string of the molecule is CCCCC/C=C/C=C/CCCCCCCSSCCC(C)C.CCCCCC/C=C/CCCCCCSSCCC(C)C.CCCCCCCCCCCCCCCCSSCCC(C)C.CCCCCCCCCCCCCCSSCCC(C)C.CCCCCCCCCCCCSSCCC(C)C.CCCCCCCCCCSSCCC(C)C.CCCCCCCCSSCCC(C)C. The maximum Gasteiger partial charge on any atom is 0.00393 e. The Balaban J connectivity index is -0.000000294. The number of allylic oxidation sites excluding steroid dienone is 6. The first-order valence-corrected chi connectivity index (χ1v) is 79.0. The van der Waals surface area contributed by atoms with E-state index in [1.54, 1.807) is 0 Å². The molecule has 0 N–H and O–H groups in total. The molecule has 0 heterocycles. The summed E-state index contributed by atoms with van der Waals surface area (Å²) < 4.78 is 0. The summed E-state index contributed by atoms with van der Waals surface area (Å²) in [4.78, 5) is 0. The van der Waals surface area contributed by atoms with Crippen molar-refractivity contribution in [2.75, 3.05) is 80.5 Å². The number of hydrogen-bond donors (Lipinski definition) is 0. The Morgan fingerprint density at radius 3 is 0.360 bits per heavy atom. The second-order valence-corrected chi connectivity index (χ2v) is 62.0. The topological polar surface area (TPSA) is 0 Å². The average molecular weight is 2210 g/mol. The van der Waals surface area contributed by atoms with Crippen molar-refractivity contribution in [3.8, 4) is 0 Å². The van der Waals surface area contributed by atoms with Crippen molar-refractivity contribution in [2.45, 2.75) is 640 Å². The van der Waals surface area contributed by atoms with Gasteiger partial charge in [-0.2, -0.15) is 0 Å². The number of hydrogen-bond acceptors (Lipinski definition) is 14. The summed E-state index contributed by atoms with van der Waals surface area (Å²) in [5.41, 5.74) is 0. The molecule has 842 valence electrons. The van der Waals surface area contributed by atoms with Gasteiger partial charge in [-0.1, -0.05) is 686 Å². The van der Waals surface area contributed by atoms with Crippen molar-refractivity contribution >= 4 is 151 Å². The van der Waals surface area contributed by atoms with E-state index in [0.29, 0.717) is 0 Å². The monoisotopic (exact) mass is 2210 g/mol. The summed E-state index contributed by atoms with van der Waals surface area (Å²) in [5.74, 6) is 24.8. The van der Waals surface area contributed by atoms with Crippen molar-refractivity contribution in [1.29, 1.82) is 0 Å². The zero-order valence-electron chi connectivity index (χ0n) is 98.6. The highest BCUT2D eigenvalue weighted by molar-refractivity contribution is 8.78. The van der Waals surface area contributed by atoms with Crippen LogP contribution < -0.4 is 0 Å². The third kappa shape index (κ3) is 187. The molecule has 0 bridgehead atoms. The van der Waals surface area contributed by atoms with Gasteiger partial charge in [-0.15, -0.1) is 0 Å². The summed E-state index contributed by atoms with van der Waals surface area (Å²) in [6.45, 7) is 48.3. The van der Waals surface area contributed by atoms with Crippen LogP contribution in [0, 0.1) is 41.4 Å². The summed E-state index contributed by atoms with van der Waals surface area (Å²) in [7, 11) is 29.1. The Bertz CT molecular complexity index is 2050. The molecular weight excluding hydrogens is 1950 g/mol. The van der Waals surface area contributed by atoms with Crippen LogP contribution in [0.15, 0.2) is 36.5 Å². The fourth-order valence-electron chi connectivity index (χ4n) is 14.6. The minimum absolute atomic E-state index is 0.855. The molecule has 0 aromatic carbocycles. The minimum Gasteiger partial charge on any atom is -0.0942 e. The van der Waals surface area contributed by atoms with Gasteiger partial charge < -0.3 is 0 Å². The predicted octanol–water partition coefficient (Wildman–Crippen LogP) is 53.0. The molecule has 139 heavy (non-hydrogen) atoms. The van der Waals surface area contributed by atoms with Crippen LogP contribution in [-0.4, -0.2) is 80.5 Å². The summed E-state index contributed by atoms with van der Waals surface area (Å²) >= 11 is 0. The average Bonchev–Trinajstić information content (AvgIpc) is 1.11. The summed E-state index contributed by atoms with van der Waals surface area (Å²) in [6.07, 6.45) is 123. The second kappa shape index (κ2) is 153. The molecule has 0 radical (unpaired) electrons. The normalized spacial score (nSPS) is 11.6. The van der Waals surface area contributed by atoms with E-state index in [4.69, 9.17) is 0 Å². The zero-order valence-corrected chi connectivity index (χ0v) is 110. The first-order valence-electron chi connectivity index (χ1n) is 61.6. The third-order valence-electron chi connectivity index (χ3n) is 24.6. The second-order valence-electron chi connectivity index (χ2n) is 43.1. The quantitative estimate of drug-likeness (QED) is 0.0246. The Kier molecular flexibility index (Phi) is 171. The van der Waals surface area contributed by atoms with Gasteiger partial charge in [0.15, 0.2) is 0 Å². The van der Waals surface area contributed by atoms with E-state index < -0.39 is 0 Å². The maximum atomic E-state index is 2.41. The predicted molar refractivity (Wildman–Crippen MR) is 701 cm³/mol. The maximum absolute atomic E-state index is 2.41. The highest BCUT2D eigenvalue weighted by atomic mass is 33.1. The Hall–Kier alpha value is 4.12. The van der Waals surface area contributed by atoms with Crippen molar-refractivity contribution < 1.29 is 0 Å². The number of rotatable bonds is 108.